The zero-order chi connectivity index (χ0) is 33.5. The highest BCUT2D eigenvalue weighted by Gasteiger charge is 2.65. The van der Waals surface area contributed by atoms with Gasteiger partial charge in [-0.3, -0.25) is 14.4 Å². The number of hydrogen-bond donors (Lipinski definition) is 3. The molecule has 4 saturated carbocycles. The van der Waals surface area contributed by atoms with Gasteiger partial charge in [-0.2, -0.15) is 0 Å². The first-order chi connectivity index (χ1) is 20.8. The molecule has 258 valence electrons. The molecule has 1 amide bonds. The summed E-state index contributed by atoms with van der Waals surface area (Å²) in [4.78, 5) is 37.4. The second-order valence-electron chi connectivity index (χ2n) is 17.3. The Morgan fingerprint density at radius 2 is 1.64 bits per heavy atom. The summed E-state index contributed by atoms with van der Waals surface area (Å²) in [6, 6.07) is 0. The SMILES string of the molecule is CCC(C)(C)C(=O)OC1CC[C@@]2(C)C(C1)CC(O)C1C2CC(O)[C@]2(C)C(C(C)CCC(=O)NCCC(=O)OC(C)(C)C)CCC12. The number of aliphatic hydroxyl groups is 2. The highest BCUT2D eigenvalue weighted by atomic mass is 16.6. The van der Waals surface area contributed by atoms with Crippen LogP contribution in [-0.2, 0) is 23.9 Å². The van der Waals surface area contributed by atoms with E-state index in [2.05, 4.69) is 26.1 Å². The summed E-state index contributed by atoms with van der Waals surface area (Å²) in [6.07, 6.45) is 7.04. The van der Waals surface area contributed by atoms with Crippen molar-refractivity contribution in [1.29, 1.82) is 0 Å². The van der Waals surface area contributed by atoms with Crippen LogP contribution in [0.3, 0.4) is 0 Å². The molecule has 8 heteroatoms. The molecule has 0 heterocycles. The zero-order valence-electron chi connectivity index (χ0n) is 29.6. The van der Waals surface area contributed by atoms with Gasteiger partial charge in [0, 0.05) is 13.0 Å². The van der Waals surface area contributed by atoms with Gasteiger partial charge in [0.2, 0.25) is 5.91 Å². The number of ether oxygens (including phenoxy) is 2. The van der Waals surface area contributed by atoms with Crippen LogP contribution in [0.1, 0.15) is 133 Å². The van der Waals surface area contributed by atoms with Gasteiger partial charge in [-0.1, -0.05) is 27.7 Å². The Morgan fingerprint density at radius 3 is 2.29 bits per heavy atom. The fraction of sp³-hybridized carbons (Fsp3) is 0.919. The molecule has 3 N–H and O–H groups in total. The number of carbonyl (C=O) groups excluding carboxylic acids is 3. The Balaban J connectivity index is 1.36. The summed E-state index contributed by atoms with van der Waals surface area (Å²) < 4.78 is 11.4. The Kier molecular flexibility index (Phi) is 10.8. The van der Waals surface area contributed by atoms with Gasteiger partial charge >= 0.3 is 11.9 Å². The highest BCUT2D eigenvalue weighted by molar-refractivity contribution is 5.77. The molecule has 0 aromatic carbocycles. The maximum atomic E-state index is 12.8. The fourth-order valence-electron chi connectivity index (χ4n) is 10.0. The van der Waals surface area contributed by atoms with Crippen LogP contribution < -0.4 is 5.32 Å². The van der Waals surface area contributed by atoms with Crippen molar-refractivity contribution in [2.75, 3.05) is 6.54 Å². The second-order valence-corrected chi connectivity index (χ2v) is 17.3. The van der Waals surface area contributed by atoms with Crippen molar-refractivity contribution in [3.8, 4) is 0 Å². The van der Waals surface area contributed by atoms with Crippen LogP contribution in [0.2, 0.25) is 0 Å². The number of hydrogen-bond acceptors (Lipinski definition) is 7. The predicted molar refractivity (Wildman–Crippen MR) is 174 cm³/mol. The Labute approximate surface area is 272 Å². The van der Waals surface area contributed by atoms with Crippen molar-refractivity contribution in [2.45, 2.75) is 157 Å². The number of rotatable bonds is 10. The average Bonchev–Trinajstić information content (AvgIpc) is 3.30. The van der Waals surface area contributed by atoms with Gasteiger partial charge in [0.25, 0.3) is 0 Å². The Bertz CT molecular complexity index is 1080. The molecule has 4 aliphatic rings. The quantitative estimate of drug-likeness (QED) is 0.245. The summed E-state index contributed by atoms with van der Waals surface area (Å²) >= 11 is 0. The normalized spacial score (nSPS) is 38.7. The van der Waals surface area contributed by atoms with Crippen LogP contribution >= 0.6 is 0 Å². The average molecular weight is 634 g/mol. The topological polar surface area (TPSA) is 122 Å². The first-order valence-corrected chi connectivity index (χ1v) is 17.9. The minimum Gasteiger partial charge on any atom is -0.462 e. The number of carbonyl (C=O) groups is 3. The van der Waals surface area contributed by atoms with E-state index in [1.165, 1.54) is 0 Å². The molecule has 0 spiro atoms. The third-order valence-electron chi connectivity index (χ3n) is 13.1. The maximum absolute atomic E-state index is 12.8. The minimum atomic E-state index is -0.538. The molecule has 0 bridgehead atoms. The van der Waals surface area contributed by atoms with E-state index in [1.807, 2.05) is 41.5 Å². The summed E-state index contributed by atoms with van der Waals surface area (Å²) in [5.74, 6) is 0.952. The lowest BCUT2D eigenvalue weighted by Gasteiger charge is -2.63. The van der Waals surface area contributed by atoms with Gasteiger partial charge in [0.1, 0.15) is 11.7 Å². The highest BCUT2D eigenvalue weighted by Crippen LogP contribution is 2.68. The van der Waals surface area contributed by atoms with Gasteiger partial charge in [-0.05, 0) is 139 Å². The van der Waals surface area contributed by atoms with Crippen LogP contribution in [0.5, 0.6) is 0 Å². The first kappa shape index (κ1) is 36.2. The lowest BCUT2D eigenvalue weighted by Crippen LogP contribution is -2.62. The third kappa shape index (κ3) is 7.42. The van der Waals surface area contributed by atoms with Crippen LogP contribution in [0, 0.1) is 51.8 Å². The monoisotopic (exact) mass is 633 g/mol. The largest absolute Gasteiger partial charge is 0.462 e. The molecule has 4 rings (SSSR count). The van der Waals surface area contributed by atoms with Gasteiger partial charge in [0.05, 0.1) is 24.0 Å². The molecule has 4 fully saturated rings. The lowest BCUT2D eigenvalue weighted by atomic mass is 9.43. The second kappa shape index (κ2) is 13.4. The van der Waals surface area contributed by atoms with Crippen molar-refractivity contribution in [3.63, 3.8) is 0 Å². The molecule has 0 aromatic heterocycles. The molecule has 11 atom stereocenters. The summed E-state index contributed by atoms with van der Waals surface area (Å²) in [6.45, 7) is 18.5. The van der Waals surface area contributed by atoms with Gasteiger partial charge < -0.3 is 25.0 Å². The number of fused-ring (bicyclic) bond motifs is 5. The van der Waals surface area contributed by atoms with Gasteiger partial charge in [-0.15, -0.1) is 0 Å². The first-order valence-electron chi connectivity index (χ1n) is 17.9. The van der Waals surface area contributed by atoms with E-state index < -0.39 is 23.2 Å². The van der Waals surface area contributed by atoms with E-state index in [4.69, 9.17) is 9.47 Å². The van der Waals surface area contributed by atoms with E-state index in [1.54, 1.807) is 0 Å². The molecule has 9 unspecified atom stereocenters. The number of nitrogens with one attached hydrogen (secondary N) is 1. The minimum absolute atomic E-state index is 0.0104. The third-order valence-corrected chi connectivity index (χ3v) is 13.1. The Morgan fingerprint density at radius 1 is 0.956 bits per heavy atom. The van der Waals surface area contributed by atoms with Crippen molar-refractivity contribution in [3.05, 3.63) is 0 Å². The summed E-state index contributed by atoms with van der Waals surface area (Å²) in [7, 11) is 0. The zero-order valence-corrected chi connectivity index (χ0v) is 29.6. The molecule has 45 heavy (non-hydrogen) atoms. The lowest BCUT2D eigenvalue weighted by molar-refractivity contribution is -0.210. The maximum Gasteiger partial charge on any atom is 0.311 e. The molecule has 8 nitrogen and oxygen atoms in total. The van der Waals surface area contributed by atoms with E-state index in [-0.39, 0.29) is 83.3 Å². The standard InChI is InChI=1S/C37H63NO7/c1-10-35(6,7)33(43)44-24-15-17-36(8)23(19-24)20-28(39)32-26-13-12-25(37(26,9)29(40)21-27(32)36)22(2)11-14-30(41)38-18-16-31(42)45-34(3,4)5/h22-29,32,39-40H,10-21H2,1-9H3,(H,38,41)/t22?,23?,24?,25?,26?,27?,28?,29?,32?,36-,37+/m0/s1. The molecule has 0 aromatic rings. The van der Waals surface area contributed by atoms with Crippen LogP contribution in [0.25, 0.3) is 0 Å². The molecule has 0 radical (unpaired) electrons. The van der Waals surface area contributed by atoms with Crippen molar-refractivity contribution in [2.24, 2.45) is 51.8 Å². The molecular weight excluding hydrogens is 570 g/mol. The summed E-state index contributed by atoms with van der Waals surface area (Å²) in [5.41, 5.74) is -1.31. The van der Waals surface area contributed by atoms with Crippen molar-refractivity contribution >= 4 is 17.8 Å². The fourth-order valence-corrected chi connectivity index (χ4v) is 10.0. The van der Waals surface area contributed by atoms with E-state index in [9.17, 15) is 24.6 Å². The van der Waals surface area contributed by atoms with Crippen molar-refractivity contribution in [1.82, 2.24) is 5.32 Å². The number of amides is 1. The smallest absolute Gasteiger partial charge is 0.311 e. The molecular formula is C37H63NO7. The molecule has 0 saturated heterocycles. The molecule has 4 aliphatic carbocycles. The van der Waals surface area contributed by atoms with Gasteiger partial charge in [0.15, 0.2) is 0 Å². The summed E-state index contributed by atoms with van der Waals surface area (Å²) in [5, 5.41) is 26.5. The van der Waals surface area contributed by atoms with E-state index >= 15 is 0 Å². The van der Waals surface area contributed by atoms with Gasteiger partial charge in [-0.25, -0.2) is 0 Å². The van der Waals surface area contributed by atoms with Crippen LogP contribution in [0.4, 0.5) is 0 Å². The van der Waals surface area contributed by atoms with Crippen LogP contribution in [-0.4, -0.2) is 58.5 Å². The number of esters is 2. The van der Waals surface area contributed by atoms with Crippen molar-refractivity contribution < 1.29 is 34.1 Å². The van der Waals surface area contributed by atoms with E-state index in [0.29, 0.717) is 12.8 Å². The molecule has 0 aliphatic heterocycles. The number of aliphatic hydroxyl groups excluding tert-OH is 2. The predicted octanol–water partition coefficient (Wildman–Crippen LogP) is 6.20. The Hall–Kier alpha value is -1.67. The van der Waals surface area contributed by atoms with E-state index in [0.717, 1.165) is 51.4 Å². The van der Waals surface area contributed by atoms with Crippen LogP contribution in [0.15, 0.2) is 0 Å².